The number of aliphatic imine (C=N–C) groups is 1. The quantitative estimate of drug-likeness (QED) is 0.165. The Hall–Kier alpha value is -1.62. The molecule has 0 unspecified atom stereocenters. The van der Waals surface area contributed by atoms with Crippen LogP contribution in [0.1, 0.15) is 78.1 Å². The lowest BCUT2D eigenvalue weighted by atomic mass is 9.41. The molecule has 41 heavy (non-hydrogen) atoms. The molecule has 4 N–H and O–H groups in total. The molecule has 4 saturated carbocycles. The number of carbonyl (C=O) groups excluding carboxylic acids is 1. The average molecular weight is 574 g/mol. The number of aliphatic hydroxyl groups excluding tert-OH is 2. The van der Waals surface area contributed by atoms with E-state index in [1.54, 1.807) is 19.1 Å². The molecule has 0 bridgehead atoms. The molecule has 0 aromatic heterocycles. The molecule has 6 rings (SSSR count). The summed E-state index contributed by atoms with van der Waals surface area (Å²) in [5.74, 6) is -0.101. The third kappa shape index (κ3) is 4.49. The molecule has 6 aliphatic rings. The third-order valence-electron chi connectivity index (χ3n) is 12.2. The van der Waals surface area contributed by atoms with E-state index in [0.717, 1.165) is 24.8 Å². The van der Waals surface area contributed by atoms with E-state index in [4.69, 9.17) is 19.2 Å². The molecule has 5 fully saturated rings. The maximum absolute atomic E-state index is 12.6. The Bertz CT molecular complexity index is 1100. The van der Waals surface area contributed by atoms with Crippen LogP contribution in [-0.2, 0) is 19.0 Å². The minimum Gasteiger partial charge on any atom is -0.458 e. The van der Waals surface area contributed by atoms with Gasteiger partial charge < -0.3 is 34.6 Å². The fourth-order valence-electron chi connectivity index (χ4n) is 10.1. The van der Waals surface area contributed by atoms with Crippen molar-refractivity contribution in [3.63, 3.8) is 0 Å². The van der Waals surface area contributed by atoms with Crippen LogP contribution in [0.2, 0.25) is 0 Å². The van der Waals surface area contributed by atoms with Crippen molar-refractivity contribution in [3.8, 4) is 0 Å². The molecule has 12 atom stereocenters. The van der Waals surface area contributed by atoms with Gasteiger partial charge in [0.25, 0.3) is 0 Å². The summed E-state index contributed by atoms with van der Waals surface area (Å²) in [4.78, 5) is 16.6. The van der Waals surface area contributed by atoms with E-state index >= 15 is 0 Å². The molecule has 4 aliphatic carbocycles. The number of fused-ring (bicyclic) bond motifs is 5. The van der Waals surface area contributed by atoms with Crippen LogP contribution in [0.3, 0.4) is 0 Å². The van der Waals surface area contributed by atoms with Gasteiger partial charge in [0.05, 0.1) is 36.1 Å². The van der Waals surface area contributed by atoms with Crippen molar-refractivity contribution in [2.45, 2.75) is 120 Å². The topological polar surface area (TPSA) is 138 Å². The Balaban J connectivity index is 1.26. The van der Waals surface area contributed by atoms with Crippen molar-refractivity contribution in [2.24, 2.45) is 33.6 Å². The summed E-state index contributed by atoms with van der Waals surface area (Å²) in [5, 5.41) is 45.4. The number of cyclic esters (lactones) is 1. The molecule has 0 amide bonds. The monoisotopic (exact) mass is 573 g/mol. The van der Waals surface area contributed by atoms with Crippen molar-refractivity contribution < 1.29 is 39.4 Å². The van der Waals surface area contributed by atoms with Gasteiger partial charge in [-0.3, -0.25) is 4.99 Å². The van der Waals surface area contributed by atoms with Gasteiger partial charge in [0.2, 0.25) is 0 Å². The molecule has 228 valence electrons. The number of aliphatic hydroxyl groups is 4. The summed E-state index contributed by atoms with van der Waals surface area (Å²) < 4.78 is 17.4. The van der Waals surface area contributed by atoms with Gasteiger partial charge in [-0.15, -0.1) is 6.58 Å². The van der Waals surface area contributed by atoms with Crippen molar-refractivity contribution in [1.82, 2.24) is 0 Å². The van der Waals surface area contributed by atoms with E-state index in [1.807, 2.05) is 6.21 Å². The van der Waals surface area contributed by atoms with Crippen molar-refractivity contribution in [1.29, 1.82) is 0 Å². The van der Waals surface area contributed by atoms with E-state index in [-0.39, 0.29) is 41.7 Å². The molecule has 2 heterocycles. The number of esters is 1. The standard InChI is InChI=1S/C32H47NO8/c1-4-13-33-18-30-10-5-21(41-27-15-25(34)28(36)19(2)40-27)16-31(30,37)11-7-24-23(30)6-9-29(3)22(8-12-32(24,29)38)20-14-26(35)39-17-20/h4,14,18-19,21-25,27-28,34,36-38H,1,5-13,15-17H2,2-3H3/t19-,21+,22-,23+,24-,25+,27-,28+,29-,30+,31+,32+/m1/s1. The predicted molar refractivity (Wildman–Crippen MR) is 151 cm³/mol. The molecule has 0 spiro atoms. The van der Waals surface area contributed by atoms with Crippen molar-refractivity contribution >= 4 is 12.2 Å². The second-order valence-electron chi connectivity index (χ2n) is 14.0. The molecule has 0 aromatic carbocycles. The Labute approximate surface area is 242 Å². The first-order valence-electron chi connectivity index (χ1n) is 15.6. The summed E-state index contributed by atoms with van der Waals surface area (Å²) in [7, 11) is 0. The number of hydrogen-bond acceptors (Lipinski definition) is 9. The number of ether oxygens (including phenoxy) is 3. The lowest BCUT2D eigenvalue weighted by Crippen LogP contribution is -2.69. The molecular weight excluding hydrogens is 526 g/mol. The first kappa shape index (κ1) is 29.5. The van der Waals surface area contributed by atoms with Crippen LogP contribution in [0.25, 0.3) is 0 Å². The first-order valence-corrected chi connectivity index (χ1v) is 15.6. The lowest BCUT2D eigenvalue weighted by molar-refractivity contribution is -0.282. The molecule has 9 nitrogen and oxygen atoms in total. The molecule has 0 radical (unpaired) electrons. The summed E-state index contributed by atoms with van der Waals surface area (Å²) >= 11 is 0. The van der Waals surface area contributed by atoms with Crippen LogP contribution in [0.5, 0.6) is 0 Å². The summed E-state index contributed by atoms with van der Waals surface area (Å²) in [6.07, 6.45) is 8.52. The van der Waals surface area contributed by atoms with Gasteiger partial charge in [0, 0.05) is 36.0 Å². The zero-order valence-electron chi connectivity index (χ0n) is 24.4. The normalized spacial score (nSPS) is 51.5. The minimum atomic E-state index is -1.06. The van der Waals surface area contributed by atoms with Crippen LogP contribution in [-0.4, -0.2) is 87.7 Å². The fraction of sp³-hybridized carbons (Fsp3) is 0.812. The van der Waals surface area contributed by atoms with Gasteiger partial charge in [-0.2, -0.15) is 0 Å². The highest BCUT2D eigenvalue weighted by molar-refractivity contribution is 5.85. The summed E-state index contributed by atoms with van der Waals surface area (Å²) in [5.41, 5.74) is -1.91. The molecule has 0 aromatic rings. The van der Waals surface area contributed by atoms with E-state index in [9.17, 15) is 25.2 Å². The zero-order chi connectivity index (χ0) is 29.2. The maximum Gasteiger partial charge on any atom is 0.331 e. The predicted octanol–water partition coefficient (Wildman–Crippen LogP) is 2.84. The Kier molecular flexibility index (Phi) is 7.56. The Morgan fingerprint density at radius 3 is 2.61 bits per heavy atom. The molecule has 9 heteroatoms. The van der Waals surface area contributed by atoms with Crippen molar-refractivity contribution in [3.05, 3.63) is 24.3 Å². The maximum atomic E-state index is 12.6. The van der Waals surface area contributed by atoms with E-state index in [0.29, 0.717) is 51.7 Å². The number of carbonyl (C=O) groups is 1. The average Bonchev–Trinajstić information content (AvgIpc) is 3.47. The Morgan fingerprint density at radius 2 is 1.90 bits per heavy atom. The summed E-state index contributed by atoms with van der Waals surface area (Å²) in [6, 6.07) is 0. The smallest absolute Gasteiger partial charge is 0.331 e. The highest BCUT2D eigenvalue weighted by atomic mass is 16.7. The minimum absolute atomic E-state index is 0.0111. The van der Waals surface area contributed by atoms with Gasteiger partial charge >= 0.3 is 5.97 Å². The lowest BCUT2D eigenvalue weighted by Gasteiger charge is -2.66. The second-order valence-corrected chi connectivity index (χ2v) is 14.0. The van der Waals surface area contributed by atoms with Crippen molar-refractivity contribution in [2.75, 3.05) is 13.2 Å². The fourth-order valence-corrected chi connectivity index (χ4v) is 10.1. The van der Waals surface area contributed by atoms with Gasteiger partial charge in [-0.25, -0.2) is 4.79 Å². The first-order chi connectivity index (χ1) is 19.5. The third-order valence-corrected chi connectivity index (χ3v) is 12.2. The van der Waals surface area contributed by atoms with E-state index < -0.39 is 41.2 Å². The van der Waals surface area contributed by atoms with Crippen LogP contribution in [0.4, 0.5) is 0 Å². The highest BCUT2D eigenvalue weighted by Gasteiger charge is 2.71. The van der Waals surface area contributed by atoms with Crippen LogP contribution < -0.4 is 0 Å². The largest absolute Gasteiger partial charge is 0.458 e. The van der Waals surface area contributed by atoms with Gasteiger partial charge in [-0.05, 0) is 81.6 Å². The SMILES string of the molecule is C=CCN=C[C@]12CC[C@H](O[C@@H]3C[C@H](O)[C@@H](O)[C@@H](C)O3)C[C@@]1(O)CC[C@@H]1[C@@H]2CC[C@]2(C)[C@@H](C3=CC(=O)OC3)CC[C@]12O. The zero-order valence-corrected chi connectivity index (χ0v) is 24.4. The van der Waals surface area contributed by atoms with Crippen LogP contribution >= 0.6 is 0 Å². The van der Waals surface area contributed by atoms with Gasteiger partial charge in [0.1, 0.15) is 12.7 Å². The summed E-state index contributed by atoms with van der Waals surface area (Å²) in [6.45, 7) is 8.54. The molecule has 1 saturated heterocycles. The number of nitrogens with zero attached hydrogens (tertiary/aromatic N) is 1. The second kappa shape index (κ2) is 10.5. The molecule has 2 aliphatic heterocycles. The molecular formula is C32H47NO8. The number of rotatable bonds is 6. The van der Waals surface area contributed by atoms with Gasteiger partial charge in [0.15, 0.2) is 6.29 Å². The number of hydrogen-bond donors (Lipinski definition) is 4. The highest BCUT2D eigenvalue weighted by Crippen LogP contribution is 2.70. The van der Waals surface area contributed by atoms with E-state index in [2.05, 4.69) is 13.5 Å². The van der Waals surface area contributed by atoms with Crippen LogP contribution in [0.15, 0.2) is 29.3 Å². The van der Waals surface area contributed by atoms with Crippen LogP contribution in [0, 0.1) is 28.6 Å². The van der Waals surface area contributed by atoms with Gasteiger partial charge in [-0.1, -0.05) is 13.0 Å². The van der Waals surface area contributed by atoms with E-state index in [1.165, 1.54) is 0 Å². The Morgan fingerprint density at radius 1 is 1.12 bits per heavy atom.